The van der Waals surface area contributed by atoms with Gasteiger partial charge in [-0.2, -0.15) is 0 Å². The van der Waals surface area contributed by atoms with Crippen molar-refractivity contribution in [1.82, 2.24) is 20.5 Å². The maximum Gasteiger partial charge on any atom is 0.191 e. The van der Waals surface area contributed by atoms with Gasteiger partial charge in [-0.1, -0.05) is 32.8 Å². The number of ether oxygens (including phenoxy) is 1. The zero-order valence-corrected chi connectivity index (χ0v) is 17.3. The van der Waals surface area contributed by atoms with Gasteiger partial charge in [-0.25, -0.2) is 0 Å². The quantitative estimate of drug-likeness (QED) is 0.485. The molecule has 0 bridgehead atoms. The van der Waals surface area contributed by atoms with Crippen molar-refractivity contribution in [3.8, 4) is 0 Å². The largest absolute Gasteiger partial charge is 0.379 e. The van der Waals surface area contributed by atoms with E-state index in [9.17, 15) is 0 Å². The Balaban J connectivity index is 1.95. The third-order valence-electron chi connectivity index (χ3n) is 5.29. The van der Waals surface area contributed by atoms with Gasteiger partial charge in [0.15, 0.2) is 5.96 Å². The lowest BCUT2D eigenvalue weighted by molar-refractivity contribution is 0.00395. The molecule has 1 aliphatic heterocycles. The molecular formula is C21H37N5O. The number of nitrogens with zero attached hydrogens (tertiary/aromatic N) is 3. The summed E-state index contributed by atoms with van der Waals surface area (Å²) in [6.07, 6.45) is 5.12. The van der Waals surface area contributed by atoms with Crippen molar-refractivity contribution in [2.45, 2.75) is 46.1 Å². The SMILES string of the molecule is CCNC(=NCC(C(CC)CC)N1CCOCC1)NCCc1ccccn1. The van der Waals surface area contributed by atoms with Gasteiger partial charge in [0.1, 0.15) is 0 Å². The van der Waals surface area contributed by atoms with E-state index in [4.69, 9.17) is 9.73 Å². The highest BCUT2D eigenvalue weighted by Crippen LogP contribution is 2.20. The molecule has 6 nitrogen and oxygen atoms in total. The monoisotopic (exact) mass is 375 g/mol. The summed E-state index contributed by atoms with van der Waals surface area (Å²) in [4.78, 5) is 11.9. The summed E-state index contributed by atoms with van der Waals surface area (Å²) >= 11 is 0. The molecule has 0 saturated carbocycles. The highest BCUT2D eigenvalue weighted by atomic mass is 16.5. The van der Waals surface area contributed by atoms with E-state index in [0.29, 0.717) is 12.0 Å². The van der Waals surface area contributed by atoms with Crippen LogP contribution in [0.25, 0.3) is 0 Å². The fourth-order valence-electron chi connectivity index (χ4n) is 3.69. The Kier molecular flexibility index (Phi) is 10.2. The van der Waals surface area contributed by atoms with Gasteiger partial charge in [-0.3, -0.25) is 14.9 Å². The summed E-state index contributed by atoms with van der Waals surface area (Å²) in [5.41, 5.74) is 1.10. The van der Waals surface area contributed by atoms with Crippen LogP contribution >= 0.6 is 0 Å². The third kappa shape index (κ3) is 7.46. The summed E-state index contributed by atoms with van der Waals surface area (Å²) in [6.45, 7) is 12.9. The Morgan fingerprint density at radius 2 is 1.96 bits per heavy atom. The van der Waals surface area contributed by atoms with Gasteiger partial charge in [0.05, 0.1) is 19.8 Å². The van der Waals surface area contributed by atoms with Crippen molar-refractivity contribution in [3.63, 3.8) is 0 Å². The van der Waals surface area contributed by atoms with Crippen LogP contribution < -0.4 is 10.6 Å². The zero-order valence-electron chi connectivity index (χ0n) is 17.3. The summed E-state index contributed by atoms with van der Waals surface area (Å²) in [6, 6.07) is 6.53. The van der Waals surface area contributed by atoms with Gasteiger partial charge in [-0.05, 0) is 25.0 Å². The molecule has 1 atom stereocenters. The second-order valence-corrected chi connectivity index (χ2v) is 7.01. The van der Waals surface area contributed by atoms with E-state index in [-0.39, 0.29) is 0 Å². The van der Waals surface area contributed by atoms with Crippen molar-refractivity contribution in [1.29, 1.82) is 0 Å². The maximum absolute atomic E-state index is 5.55. The lowest BCUT2D eigenvalue weighted by Gasteiger charge is -2.38. The Morgan fingerprint density at radius 1 is 1.19 bits per heavy atom. The molecule has 152 valence electrons. The lowest BCUT2D eigenvalue weighted by atomic mass is 9.92. The molecule has 1 saturated heterocycles. The highest BCUT2D eigenvalue weighted by Gasteiger charge is 2.26. The molecule has 0 aromatic carbocycles. The minimum absolute atomic E-state index is 0.482. The van der Waals surface area contributed by atoms with Crippen molar-refractivity contribution in [2.24, 2.45) is 10.9 Å². The summed E-state index contributed by atoms with van der Waals surface area (Å²) in [5.74, 6) is 1.57. The van der Waals surface area contributed by atoms with Crippen LogP contribution in [0.3, 0.4) is 0 Å². The van der Waals surface area contributed by atoms with Gasteiger partial charge < -0.3 is 15.4 Å². The van der Waals surface area contributed by atoms with Crippen molar-refractivity contribution in [3.05, 3.63) is 30.1 Å². The molecule has 1 fully saturated rings. The molecule has 1 aromatic heterocycles. The fraction of sp³-hybridized carbons (Fsp3) is 0.714. The summed E-state index contributed by atoms with van der Waals surface area (Å²) in [5, 5.41) is 6.84. The first kappa shape index (κ1) is 21.6. The van der Waals surface area contributed by atoms with E-state index in [1.807, 2.05) is 18.3 Å². The van der Waals surface area contributed by atoms with E-state index in [1.54, 1.807) is 0 Å². The maximum atomic E-state index is 5.55. The molecule has 0 radical (unpaired) electrons. The molecule has 2 rings (SSSR count). The average Bonchev–Trinajstić information content (AvgIpc) is 2.72. The van der Waals surface area contributed by atoms with Gasteiger partial charge in [0.25, 0.3) is 0 Å². The van der Waals surface area contributed by atoms with Crippen LogP contribution in [-0.4, -0.2) is 67.8 Å². The standard InChI is InChI=1S/C21H37N5O/c1-4-18(5-2)20(26-13-15-27-16-14-26)17-25-21(22-6-3)24-12-10-19-9-7-8-11-23-19/h7-9,11,18,20H,4-6,10,12-17H2,1-3H3,(H2,22,24,25). The molecule has 27 heavy (non-hydrogen) atoms. The third-order valence-corrected chi connectivity index (χ3v) is 5.29. The normalized spacial score (nSPS) is 17.1. The van der Waals surface area contributed by atoms with Crippen LogP contribution in [0, 0.1) is 5.92 Å². The Morgan fingerprint density at radius 3 is 2.59 bits per heavy atom. The second-order valence-electron chi connectivity index (χ2n) is 7.01. The molecule has 1 aliphatic rings. The van der Waals surface area contributed by atoms with E-state index in [0.717, 1.165) is 64.0 Å². The topological polar surface area (TPSA) is 61.8 Å². The first-order valence-electron chi connectivity index (χ1n) is 10.5. The molecule has 0 amide bonds. The Bertz CT molecular complexity index is 527. The van der Waals surface area contributed by atoms with Crippen LogP contribution in [0.5, 0.6) is 0 Å². The number of hydrogen-bond donors (Lipinski definition) is 2. The van der Waals surface area contributed by atoms with Gasteiger partial charge in [-0.15, -0.1) is 0 Å². The van der Waals surface area contributed by atoms with Crippen LogP contribution in [0.15, 0.2) is 29.4 Å². The number of aromatic nitrogens is 1. The van der Waals surface area contributed by atoms with Crippen molar-refractivity contribution < 1.29 is 4.74 Å². The first-order chi connectivity index (χ1) is 13.3. The van der Waals surface area contributed by atoms with Crippen LogP contribution in [-0.2, 0) is 11.2 Å². The smallest absolute Gasteiger partial charge is 0.191 e. The number of aliphatic imine (C=N–C) groups is 1. The predicted molar refractivity (Wildman–Crippen MR) is 112 cm³/mol. The van der Waals surface area contributed by atoms with Crippen LogP contribution in [0.2, 0.25) is 0 Å². The number of rotatable bonds is 10. The Labute approximate surface area is 164 Å². The molecule has 1 unspecified atom stereocenters. The molecule has 2 N–H and O–H groups in total. The minimum Gasteiger partial charge on any atom is -0.379 e. The highest BCUT2D eigenvalue weighted by molar-refractivity contribution is 5.79. The van der Waals surface area contributed by atoms with E-state index in [2.05, 4.69) is 47.4 Å². The number of nitrogens with one attached hydrogen (secondary N) is 2. The molecule has 6 heteroatoms. The molecule has 0 aliphatic carbocycles. The van der Waals surface area contributed by atoms with Gasteiger partial charge in [0.2, 0.25) is 0 Å². The van der Waals surface area contributed by atoms with Gasteiger partial charge in [0, 0.05) is 50.5 Å². The number of pyridine rings is 1. The number of guanidine groups is 1. The number of hydrogen-bond acceptors (Lipinski definition) is 4. The van der Waals surface area contributed by atoms with Crippen molar-refractivity contribution in [2.75, 3.05) is 45.9 Å². The fourth-order valence-corrected chi connectivity index (χ4v) is 3.69. The van der Waals surface area contributed by atoms with E-state index < -0.39 is 0 Å². The zero-order chi connectivity index (χ0) is 19.3. The van der Waals surface area contributed by atoms with Gasteiger partial charge >= 0.3 is 0 Å². The van der Waals surface area contributed by atoms with E-state index >= 15 is 0 Å². The lowest BCUT2D eigenvalue weighted by Crippen LogP contribution is -2.49. The molecule has 1 aromatic rings. The van der Waals surface area contributed by atoms with Crippen molar-refractivity contribution >= 4 is 5.96 Å². The summed E-state index contributed by atoms with van der Waals surface area (Å²) in [7, 11) is 0. The van der Waals surface area contributed by atoms with Crippen LogP contribution in [0.4, 0.5) is 0 Å². The first-order valence-corrected chi connectivity index (χ1v) is 10.5. The Hall–Kier alpha value is -1.66. The molecular weight excluding hydrogens is 338 g/mol. The molecule has 0 spiro atoms. The van der Waals surface area contributed by atoms with Crippen LogP contribution in [0.1, 0.15) is 39.3 Å². The minimum atomic E-state index is 0.482. The second kappa shape index (κ2) is 12.7. The number of morpholine rings is 1. The average molecular weight is 376 g/mol. The molecule has 2 heterocycles. The summed E-state index contributed by atoms with van der Waals surface area (Å²) < 4.78 is 5.55. The van der Waals surface area contributed by atoms with E-state index in [1.165, 1.54) is 12.8 Å². The predicted octanol–water partition coefficient (Wildman–Crippen LogP) is 2.32.